The van der Waals surface area contributed by atoms with Crippen LogP contribution in [-0.4, -0.2) is 11.1 Å². The minimum absolute atomic E-state index is 0. The first-order chi connectivity index (χ1) is 6.07. The summed E-state index contributed by atoms with van der Waals surface area (Å²) in [6.45, 7) is 3.50. The number of halogens is 1. The summed E-state index contributed by atoms with van der Waals surface area (Å²) in [6, 6.07) is 3.54. The van der Waals surface area contributed by atoms with Gasteiger partial charge in [0, 0.05) is 0 Å². The molecule has 0 radical (unpaired) electrons. The first kappa shape index (κ1) is 12.6. The Hall–Kier alpha value is -1.42. The van der Waals surface area contributed by atoms with E-state index >= 15 is 0 Å². The van der Waals surface area contributed by atoms with Crippen LogP contribution in [0.1, 0.15) is 21.5 Å². The molecule has 0 fully saturated rings. The number of aromatic carboxylic acids is 1. The summed E-state index contributed by atoms with van der Waals surface area (Å²) < 4.78 is 0. The van der Waals surface area contributed by atoms with Crippen molar-refractivity contribution in [2.45, 2.75) is 13.8 Å². The molecule has 0 atom stereocenters. The highest BCUT2D eigenvalue weighted by atomic mass is 35.5. The number of benzene rings is 1. The van der Waals surface area contributed by atoms with E-state index in [2.05, 4.69) is 5.11 Å². The Kier molecular flexibility index (Phi) is 4.24. The van der Waals surface area contributed by atoms with Crippen molar-refractivity contribution in [2.75, 3.05) is 0 Å². The Balaban J connectivity index is 0.00000169. The molecule has 0 aromatic heterocycles. The van der Waals surface area contributed by atoms with Crippen molar-refractivity contribution < 1.29 is 27.8 Å². The van der Waals surface area contributed by atoms with Gasteiger partial charge in [0.05, 0.1) is 5.56 Å². The van der Waals surface area contributed by atoms with E-state index < -0.39 is 5.97 Å². The molecule has 1 aromatic carbocycles. The fourth-order valence-electron chi connectivity index (χ4n) is 1.23. The molecule has 0 saturated heterocycles. The van der Waals surface area contributed by atoms with E-state index in [9.17, 15) is 4.79 Å². The van der Waals surface area contributed by atoms with Crippen molar-refractivity contribution in [2.24, 2.45) is 5.11 Å². The third-order valence-corrected chi connectivity index (χ3v) is 1.93. The average molecular weight is 215 g/mol. The SMILES string of the molecule is Cc1ccc(C)c(C(=O)O)c1N=[NH2+].[Cl-]. The van der Waals surface area contributed by atoms with Crippen LogP contribution in [0.4, 0.5) is 5.69 Å². The van der Waals surface area contributed by atoms with Gasteiger partial charge in [-0.15, -0.1) is 0 Å². The van der Waals surface area contributed by atoms with Gasteiger partial charge in [0.2, 0.25) is 0 Å². The Morgan fingerprint density at radius 3 is 2.21 bits per heavy atom. The zero-order chi connectivity index (χ0) is 10.0. The van der Waals surface area contributed by atoms with E-state index in [-0.39, 0.29) is 18.0 Å². The zero-order valence-corrected chi connectivity index (χ0v) is 8.67. The highest BCUT2D eigenvalue weighted by Gasteiger charge is 2.16. The van der Waals surface area contributed by atoms with Gasteiger partial charge in [0.1, 0.15) is 5.69 Å². The molecule has 0 heterocycles. The van der Waals surface area contributed by atoms with Crippen LogP contribution in [0.5, 0.6) is 0 Å². The lowest BCUT2D eigenvalue weighted by atomic mass is 10.0. The number of rotatable bonds is 2. The van der Waals surface area contributed by atoms with Gasteiger partial charge in [-0.25, -0.2) is 4.79 Å². The van der Waals surface area contributed by atoms with E-state index in [4.69, 9.17) is 10.6 Å². The predicted octanol–water partition coefficient (Wildman–Crippen LogP) is -2.15. The quantitative estimate of drug-likeness (QED) is 0.551. The smallest absolute Gasteiger partial charge is 0.338 e. The molecular weight excluding hydrogens is 204 g/mol. The zero-order valence-electron chi connectivity index (χ0n) is 7.91. The third-order valence-electron chi connectivity index (χ3n) is 1.93. The number of nitrogens with two attached hydrogens (primary N) is 1. The standard InChI is InChI=1S/C9H10N2O2.ClH/c1-5-3-4-6(2)8(11-10)7(5)9(12)13;/h3-4,10H,1-2H3,(H,12,13);1H. The number of carboxylic acids is 1. The van der Waals surface area contributed by atoms with Crippen molar-refractivity contribution in [1.82, 2.24) is 0 Å². The molecule has 0 saturated carbocycles. The van der Waals surface area contributed by atoms with Crippen LogP contribution in [0.15, 0.2) is 17.2 Å². The van der Waals surface area contributed by atoms with Gasteiger partial charge in [-0.1, -0.05) is 12.1 Å². The summed E-state index contributed by atoms with van der Waals surface area (Å²) >= 11 is 0. The topological polar surface area (TPSA) is 75.2 Å². The Bertz CT molecular complexity index is 377. The number of hydrogen-bond donors (Lipinski definition) is 2. The molecule has 0 aliphatic rings. The van der Waals surface area contributed by atoms with E-state index in [1.165, 1.54) is 0 Å². The van der Waals surface area contributed by atoms with E-state index in [0.29, 0.717) is 11.3 Å². The molecule has 0 unspecified atom stereocenters. The van der Waals surface area contributed by atoms with Gasteiger partial charge in [-0.05, 0) is 30.1 Å². The lowest BCUT2D eigenvalue weighted by Gasteiger charge is -2.04. The molecule has 1 aromatic rings. The monoisotopic (exact) mass is 214 g/mol. The van der Waals surface area contributed by atoms with Crippen LogP contribution in [0.3, 0.4) is 0 Å². The molecule has 1 rings (SSSR count). The Morgan fingerprint density at radius 2 is 1.86 bits per heavy atom. The van der Waals surface area contributed by atoms with Crippen molar-refractivity contribution in [3.05, 3.63) is 28.8 Å². The second-order valence-corrected chi connectivity index (χ2v) is 2.86. The highest BCUT2D eigenvalue weighted by molar-refractivity contribution is 5.95. The summed E-state index contributed by atoms with van der Waals surface area (Å²) in [5.74, 6) is -0.995. The molecule has 4 nitrogen and oxygen atoms in total. The van der Waals surface area contributed by atoms with Crippen LogP contribution >= 0.6 is 0 Å². The van der Waals surface area contributed by atoms with Gasteiger partial charge in [0.15, 0.2) is 0 Å². The molecular formula is C9H11ClN2O2. The van der Waals surface area contributed by atoms with Crippen molar-refractivity contribution in [3.8, 4) is 0 Å². The van der Waals surface area contributed by atoms with Crippen molar-refractivity contribution >= 4 is 11.7 Å². The molecule has 0 bridgehead atoms. The fourth-order valence-corrected chi connectivity index (χ4v) is 1.23. The van der Waals surface area contributed by atoms with Gasteiger partial charge < -0.3 is 17.5 Å². The molecule has 5 heteroatoms. The molecule has 0 spiro atoms. The highest BCUT2D eigenvalue weighted by Crippen LogP contribution is 2.25. The number of carboxylic acid groups (broad SMARTS) is 1. The van der Waals surface area contributed by atoms with Crippen LogP contribution in [0.25, 0.3) is 0 Å². The van der Waals surface area contributed by atoms with Gasteiger partial charge in [0.25, 0.3) is 0 Å². The maximum Gasteiger partial charge on any atom is 0.338 e. The Morgan fingerprint density at radius 1 is 1.36 bits per heavy atom. The van der Waals surface area contributed by atoms with Crippen molar-refractivity contribution in [3.63, 3.8) is 0 Å². The summed E-state index contributed by atoms with van der Waals surface area (Å²) in [7, 11) is 0. The van der Waals surface area contributed by atoms with Crippen LogP contribution in [0.2, 0.25) is 0 Å². The Labute approximate surface area is 87.9 Å². The van der Waals surface area contributed by atoms with Crippen LogP contribution in [-0.2, 0) is 0 Å². The largest absolute Gasteiger partial charge is 1.00 e. The summed E-state index contributed by atoms with van der Waals surface area (Å²) in [5.41, 5.74) is 7.09. The van der Waals surface area contributed by atoms with Crippen LogP contribution < -0.4 is 17.9 Å². The summed E-state index contributed by atoms with van der Waals surface area (Å²) in [4.78, 5) is 10.8. The second-order valence-electron chi connectivity index (χ2n) is 2.86. The van der Waals surface area contributed by atoms with E-state index in [0.717, 1.165) is 5.56 Å². The molecule has 14 heavy (non-hydrogen) atoms. The number of carbonyl (C=O) groups is 1. The van der Waals surface area contributed by atoms with Gasteiger partial charge in [-0.2, -0.15) is 5.53 Å². The van der Waals surface area contributed by atoms with Gasteiger partial charge in [-0.3, -0.25) is 0 Å². The molecule has 0 aliphatic heterocycles. The number of hydrogen-bond acceptors (Lipinski definition) is 2. The average Bonchev–Trinajstić information content (AvgIpc) is 2.07. The molecule has 76 valence electrons. The molecule has 3 N–H and O–H groups in total. The van der Waals surface area contributed by atoms with Crippen molar-refractivity contribution in [1.29, 1.82) is 0 Å². The number of nitrogens with zero attached hydrogens (tertiary/aromatic N) is 1. The summed E-state index contributed by atoms with van der Waals surface area (Å²) in [5, 5.41) is 12.4. The second kappa shape index (κ2) is 4.72. The lowest BCUT2D eigenvalue weighted by Crippen LogP contribution is -3.00. The molecule has 0 aliphatic carbocycles. The van der Waals surface area contributed by atoms with E-state index in [1.54, 1.807) is 26.0 Å². The van der Waals surface area contributed by atoms with Gasteiger partial charge >= 0.3 is 5.97 Å². The summed E-state index contributed by atoms with van der Waals surface area (Å²) in [6.07, 6.45) is 0. The molecule has 0 amide bonds. The first-order valence-electron chi connectivity index (χ1n) is 3.82. The van der Waals surface area contributed by atoms with Crippen LogP contribution in [0, 0.1) is 13.8 Å². The first-order valence-corrected chi connectivity index (χ1v) is 3.82. The minimum Gasteiger partial charge on any atom is -1.00 e. The maximum absolute atomic E-state index is 10.8. The third kappa shape index (κ3) is 2.09. The lowest BCUT2D eigenvalue weighted by molar-refractivity contribution is -0.210. The minimum atomic E-state index is -0.995. The maximum atomic E-state index is 10.8. The number of aryl methyl sites for hydroxylation is 2. The predicted molar refractivity (Wildman–Crippen MR) is 46.9 cm³/mol. The normalized spacial score (nSPS) is 9.00. The fraction of sp³-hybridized carbons (Fsp3) is 0.222. The van der Waals surface area contributed by atoms with E-state index in [1.807, 2.05) is 0 Å².